The number of carboxylic acid groups (broad SMARTS) is 1. The van der Waals surface area contributed by atoms with Crippen molar-refractivity contribution in [2.75, 3.05) is 6.54 Å². The van der Waals surface area contributed by atoms with E-state index in [1.54, 1.807) is 0 Å². The van der Waals surface area contributed by atoms with Crippen molar-refractivity contribution in [3.05, 3.63) is 12.4 Å². The van der Waals surface area contributed by atoms with Crippen molar-refractivity contribution in [2.45, 2.75) is 0 Å². The first-order valence-electron chi connectivity index (χ1n) is 2.03. The molecule has 0 atom stereocenters. The molecule has 0 aliphatic carbocycles. The molecular weight excluding hydrogens is 108 g/mol. The first kappa shape index (κ1) is 6.81. The van der Waals surface area contributed by atoms with Crippen LogP contribution >= 0.6 is 0 Å². The molecule has 0 spiro atoms. The highest BCUT2D eigenvalue weighted by molar-refractivity contribution is 5.69. The Hall–Kier alpha value is -1.19. The van der Waals surface area contributed by atoms with E-state index in [2.05, 4.69) is 11.9 Å². The van der Waals surface area contributed by atoms with E-state index >= 15 is 0 Å². The molecule has 0 aromatic rings. The molecule has 0 aromatic carbocycles. The lowest BCUT2D eigenvalue weighted by Gasteiger charge is -1.97. The molecule has 0 rings (SSSR count). The zero-order valence-corrected chi connectivity index (χ0v) is 4.35. The van der Waals surface area contributed by atoms with Gasteiger partial charge in [0.25, 0.3) is 0 Å². The Morgan fingerprint density at radius 3 is 2.50 bits per heavy atom. The molecule has 0 unspecified atom stereocenters. The van der Waals surface area contributed by atoms with E-state index in [1.807, 2.05) is 0 Å². The average Bonchev–Trinajstić information content (AvgIpc) is 1.61. The van der Waals surface area contributed by atoms with Crippen LogP contribution in [0.5, 0.6) is 0 Å². The number of rotatable bonds is 3. The fraction of sp³-hybridized carbons (Fsp3) is 0.250. The minimum Gasteiger partial charge on any atom is -0.480 e. The molecule has 0 bridgehead atoms. The Morgan fingerprint density at radius 2 is 2.38 bits per heavy atom. The largest absolute Gasteiger partial charge is 0.480 e. The summed E-state index contributed by atoms with van der Waals surface area (Å²) in [6.07, 6.45) is 0. The van der Waals surface area contributed by atoms with Crippen LogP contribution in [0.15, 0.2) is 12.4 Å². The molecule has 0 fully saturated rings. The first-order valence-corrected chi connectivity index (χ1v) is 2.03. The maximum absolute atomic E-state index is 9.74. The van der Waals surface area contributed by atoms with Crippen LogP contribution in [0.1, 0.15) is 0 Å². The summed E-state index contributed by atoms with van der Waals surface area (Å²) in [4.78, 5) is 9.74. The van der Waals surface area contributed by atoms with Crippen molar-refractivity contribution in [2.24, 2.45) is 5.73 Å². The van der Waals surface area contributed by atoms with Crippen LogP contribution in [-0.2, 0) is 4.79 Å². The zero-order valence-electron chi connectivity index (χ0n) is 4.35. The zero-order chi connectivity index (χ0) is 6.57. The summed E-state index contributed by atoms with van der Waals surface area (Å²) in [5.74, 6) is -0.774. The minimum absolute atomic E-state index is 0.171. The number of carboxylic acids is 1. The first-order chi connectivity index (χ1) is 3.63. The summed E-state index contributed by atoms with van der Waals surface area (Å²) in [7, 11) is 0. The van der Waals surface area contributed by atoms with Crippen LogP contribution in [0, 0.1) is 0 Å². The van der Waals surface area contributed by atoms with E-state index in [0.29, 0.717) is 0 Å². The van der Waals surface area contributed by atoms with Crippen LogP contribution in [-0.4, -0.2) is 17.6 Å². The SMILES string of the molecule is C=C(N)NCC(=O)O. The molecule has 0 heterocycles. The molecule has 0 saturated heterocycles. The van der Waals surface area contributed by atoms with Crippen molar-refractivity contribution in [3.8, 4) is 0 Å². The molecule has 0 radical (unpaired) electrons. The van der Waals surface area contributed by atoms with Gasteiger partial charge in [0.05, 0.1) is 5.82 Å². The predicted octanol–water partition coefficient (Wildman–Crippen LogP) is -0.909. The lowest BCUT2D eigenvalue weighted by Crippen LogP contribution is -2.25. The van der Waals surface area contributed by atoms with Gasteiger partial charge < -0.3 is 16.2 Å². The normalized spacial score (nSPS) is 8.00. The van der Waals surface area contributed by atoms with Gasteiger partial charge in [-0.2, -0.15) is 0 Å². The van der Waals surface area contributed by atoms with E-state index in [-0.39, 0.29) is 12.4 Å². The second-order valence-electron chi connectivity index (χ2n) is 1.27. The van der Waals surface area contributed by atoms with Gasteiger partial charge in [0.2, 0.25) is 0 Å². The van der Waals surface area contributed by atoms with Crippen LogP contribution in [0.2, 0.25) is 0 Å². The summed E-state index contributed by atoms with van der Waals surface area (Å²) < 4.78 is 0. The summed E-state index contributed by atoms with van der Waals surface area (Å²) in [6.45, 7) is 3.06. The number of hydrogen-bond acceptors (Lipinski definition) is 3. The third-order valence-electron chi connectivity index (χ3n) is 0.467. The van der Waals surface area contributed by atoms with Crippen LogP contribution in [0.4, 0.5) is 0 Å². The van der Waals surface area contributed by atoms with Gasteiger partial charge in [0.15, 0.2) is 0 Å². The smallest absolute Gasteiger partial charge is 0.322 e. The number of nitrogens with one attached hydrogen (secondary N) is 1. The highest BCUT2D eigenvalue weighted by Gasteiger charge is 1.91. The van der Waals surface area contributed by atoms with Gasteiger partial charge >= 0.3 is 5.97 Å². The van der Waals surface area contributed by atoms with Crippen LogP contribution in [0.3, 0.4) is 0 Å². The van der Waals surface area contributed by atoms with Crippen molar-refractivity contribution in [1.29, 1.82) is 0 Å². The number of nitrogens with two attached hydrogens (primary N) is 1. The van der Waals surface area contributed by atoms with E-state index in [4.69, 9.17) is 10.8 Å². The van der Waals surface area contributed by atoms with Crippen molar-refractivity contribution in [1.82, 2.24) is 5.32 Å². The monoisotopic (exact) mass is 116 g/mol. The van der Waals surface area contributed by atoms with E-state index in [1.165, 1.54) is 0 Å². The van der Waals surface area contributed by atoms with E-state index < -0.39 is 5.97 Å². The van der Waals surface area contributed by atoms with Gasteiger partial charge in [0, 0.05) is 0 Å². The number of hydrogen-bond donors (Lipinski definition) is 3. The second kappa shape index (κ2) is 2.90. The third kappa shape index (κ3) is 4.81. The molecule has 0 aliphatic rings. The second-order valence-corrected chi connectivity index (χ2v) is 1.27. The fourth-order valence-corrected chi connectivity index (χ4v) is 0.189. The summed E-state index contributed by atoms with van der Waals surface area (Å²) in [6, 6.07) is 0. The third-order valence-corrected chi connectivity index (χ3v) is 0.467. The van der Waals surface area contributed by atoms with Crippen molar-refractivity contribution in [3.63, 3.8) is 0 Å². The van der Waals surface area contributed by atoms with Crippen LogP contribution < -0.4 is 11.1 Å². The highest BCUT2D eigenvalue weighted by Crippen LogP contribution is 1.64. The Kier molecular flexibility index (Phi) is 2.47. The van der Waals surface area contributed by atoms with E-state index in [9.17, 15) is 4.79 Å². The summed E-state index contributed by atoms with van der Waals surface area (Å²) in [5.41, 5.74) is 4.97. The molecule has 0 aliphatic heterocycles. The van der Waals surface area contributed by atoms with Gasteiger partial charge in [-0.3, -0.25) is 4.79 Å². The van der Waals surface area contributed by atoms with Gasteiger partial charge in [-0.15, -0.1) is 0 Å². The Morgan fingerprint density at radius 1 is 1.88 bits per heavy atom. The Balaban J connectivity index is 3.18. The maximum Gasteiger partial charge on any atom is 0.322 e. The van der Waals surface area contributed by atoms with E-state index in [0.717, 1.165) is 0 Å². The molecule has 4 heteroatoms. The summed E-state index contributed by atoms with van der Waals surface area (Å²) >= 11 is 0. The van der Waals surface area contributed by atoms with Gasteiger partial charge in [-0.05, 0) is 0 Å². The molecule has 0 amide bonds. The summed E-state index contributed by atoms with van der Waals surface area (Å²) in [5, 5.41) is 10.3. The standard InChI is InChI=1S/C4H8N2O2/c1-3(5)6-2-4(7)8/h6H,1-2,5H2,(H,7,8). The quantitative estimate of drug-likeness (QED) is 0.446. The fourth-order valence-electron chi connectivity index (χ4n) is 0.189. The molecule has 4 nitrogen and oxygen atoms in total. The van der Waals surface area contributed by atoms with Crippen LogP contribution in [0.25, 0.3) is 0 Å². The van der Waals surface area contributed by atoms with Gasteiger partial charge in [0.1, 0.15) is 6.54 Å². The Bertz CT molecular complexity index is 96.6. The Labute approximate surface area is 47.0 Å². The minimum atomic E-state index is -0.948. The molecule has 0 aromatic heterocycles. The average molecular weight is 116 g/mol. The molecule has 4 N–H and O–H groups in total. The van der Waals surface area contributed by atoms with Gasteiger partial charge in [-0.1, -0.05) is 6.58 Å². The number of carbonyl (C=O) groups is 1. The van der Waals surface area contributed by atoms with Crippen molar-refractivity contribution >= 4 is 5.97 Å². The molecule has 46 valence electrons. The predicted molar refractivity (Wildman–Crippen MR) is 29.0 cm³/mol. The highest BCUT2D eigenvalue weighted by atomic mass is 16.4. The van der Waals surface area contributed by atoms with Gasteiger partial charge in [-0.25, -0.2) is 0 Å². The molecule has 0 saturated carbocycles. The maximum atomic E-state index is 9.74. The lowest BCUT2D eigenvalue weighted by atomic mass is 10.6. The van der Waals surface area contributed by atoms with Crippen molar-refractivity contribution < 1.29 is 9.90 Å². The molecular formula is C4H8N2O2. The lowest BCUT2D eigenvalue weighted by molar-refractivity contribution is -0.135. The topological polar surface area (TPSA) is 75.3 Å². The molecule has 8 heavy (non-hydrogen) atoms. The number of aliphatic carboxylic acids is 1.